The molecule has 108 valence electrons. The summed E-state index contributed by atoms with van der Waals surface area (Å²) in [4.78, 5) is 0. The highest BCUT2D eigenvalue weighted by atomic mass is 16.7. The monoisotopic (exact) mass is 266 g/mol. The molecule has 1 N–H and O–H groups in total. The highest BCUT2D eigenvalue weighted by Crippen LogP contribution is 2.37. The molecule has 2 unspecified atom stereocenters. The van der Waals surface area contributed by atoms with Gasteiger partial charge in [-0.1, -0.05) is 25.5 Å². The fourth-order valence-corrected chi connectivity index (χ4v) is 3.39. The first-order chi connectivity index (χ1) is 8.97. The van der Waals surface area contributed by atoms with E-state index in [4.69, 9.17) is 9.47 Å². The second-order valence-corrected chi connectivity index (χ2v) is 6.51. The number of ether oxygens (including phenoxy) is 2. The molecule has 0 amide bonds. The van der Waals surface area contributed by atoms with Gasteiger partial charge in [-0.3, -0.25) is 0 Å². The second kappa shape index (κ2) is 6.00. The van der Waals surface area contributed by atoms with Crippen LogP contribution >= 0.6 is 0 Å². The Morgan fingerprint density at radius 3 is 2.68 bits per heavy atom. The molecule has 2 atom stereocenters. The molecule has 0 aromatic rings. The Labute approximate surface area is 116 Å². The number of allylic oxidation sites excluding steroid dienone is 1. The van der Waals surface area contributed by atoms with Crippen LogP contribution in [0.15, 0.2) is 24.2 Å². The Kier molecular flexibility index (Phi) is 4.56. The van der Waals surface area contributed by atoms with Gasteiger partial charge >= 0.3 is 0 Å². The third-order valence-corrected chi connectivity index (χ3v) is 3.90. The summed E-state index contributed by atoms with van der Waals surface area (Å²) >= 11 is 0. The second-order valence-electron chi connectivity index (χ2n) is 6.51. The first-order valence-corrected chi connectivity index (χ1v) is 7.33. The summed E-state index contributed by atoms with van der Waals surface area (Å²) < 4.78 is 10.5. The van der Waals surface area contributed by atoms with Gasteiger partial charge in [-0.2, -0.15) is 0 Å². The molecule has 0 fully saturated rings. The zero-order valence-corrected chi connectivity index (χ0v) is 12.3. The van der Waals surface area contributed by atoms with Crippen LogP contribution in [0.1, 0.15) is 52.9 Å². The predicted octanol–water partition coefficient (Wildman–Crippen LogP) is 3.74. The predicted molar refractivity (Wildman–Crippen MR) is 75.2 cm³/mol. The Morgan fingerprint density at radius 2 is 2.05 bits per heavy atom. The number of hydrogen-bond donors (Lipinski definition) is 1. The van der Waals surface area contributed by atoms with Crippen molar-refractivity contribution in [2.75, 3.05) is 0 Å². The SMILES string of the molecule is CC1=CC(O)(CCC2OC=CO2)CC(CC(C)C)C1. The molecule has 1 aliphatic carbocycles. The molecular formula is C16H26O3. The van der Waals surface area contributed by atoms with Gasteiger partial charge < -0.3 is 14.6 Å². The average molecular weight is 266 g/mol. The molecule has 0 radical (unpaired) electrons. The summed E-state index contributed by atoms with van der Waals surface area (Å²) in [5, 5.41) is 10.8. The molecule has 0 bridgehead atoms. The third-order valence-electron chi connectivity index (χ3n) is 3.90. The van der Waals surface area contributed by atoms with E-state index in [1.165, 1.54) is 12.0 Å². The Morgan fingerprint density at radius 1 is 1.37 bits per heavy atom. The van der Waals surface area contributed by atoms with Gasteiger partial charge in [-0.05, 0) is 44.4 Å². The summed E-state index contributed by atoms with van der Waals surface area (Å²) in [5.74, 6) is 1.28. The van der Waals surface area contributed by atoms with Crippen LogP contribution in [-0.2, 0) is 9.47 Å². The quantitative estimate of drug-likeness (QED) is 0.770. The summed E-state index contributed by atoms with van der Waals surface area (Å²) in [5.41, 5.74) is 0.628. The molecule has 1 aliphatic heterocycles. The van der Waals surface area contributed by atoms with E-state index in [0.717, 1.165) is 19.3 Å². The maximum absolute atomic E-state index is 10.8. The Hall–Kier alpha value is -0.960. The van der Waals surface area contributed by atoms with Gasteiger partial charge in [0.15, 0.2) is 0 Å². The van der Waals surface area contributed by atoms with Crippen molar-refractivity contribution in [1.82, 2.24) is 0 Å². The fraction of sp³-hybridized carbons (Fsp3) is 0.750. The van der Waals surface area contributed by atoms with Crippen LogP contribution in [0.25, 0.3) is 0 Å². The van der Waals surface area contributed by atoms with Crippen LogP contribution < -0.4 is 0 Å². The molecule has 0 spiro atoms. The molecule has 3 nitrogen and oxygen atoms in total. The van der Waals surface area contributed by atoms with Gasteiger partial charge in [-0.25, -0.2) is 0 Å². The smallest absolute Gasteiger partial charge is 0.239 e. The van der Waals surface area contributed by atoms with E-state index in [0.29, 0.717) is 18.3 Å². The van der Waals surface area contributed by atoms with Crippen LogP contribution in [0.5, 0.6) is 0 Å². The molecule has 0 saturated heterocycles. The van der Waals surface area contributed by atoms with E-state index in [1.54, 1.807) is 12.5 Å². The lowest BCUT2D eigenvalue weighted by Crippen LogP contribution is -2.34. The van der Waals surface area contributed by atoms with Crippen LogP contribution in [0.2, 0.25) is 0 Å². The highest BCUT2D eigenvalue weighted by molar-refractivity contribution is 5.14. The van der Waals surface area contributed by atoms with Gasteiger partial charge in [0.05, 0.1) is 5.60 Å². The lowest BCUT2D eigenvalue weighted by Gasteiger charge is -2.36. The van der Waals surface area contributed by atoms with Gasteiger partial charge in [0.2, 0.25) is 6.29 Å². The van der Waals surface area contributed by atoms with Crippen LogP contribution in [0.4, 0.5) is 0 Å². The molecule has 0 aromatic carbocycles. The molecule has 1 heterocycles. The molecule has 3 heteroatoms. The van der Waals surface area contributed by atoms with Crippen molar-refractivity contribution in [1.29, 1.82) is 0 Å². The van der Waals surface area contributed by atoms with Gasteiger partial charge in [-0.15, -0.1) is 0 Å². The largest absolute Gasteiger partial charge is 0.459 e. The fourth-order valence-electron chi connectivity index (χ4n) is 3.39. The Bertz CT molecular complexity index is 351. The lowest BCUT2D eigenvalue weighted by atomic mass is 9.75. The highest BCUT2D eigenvalue weighted by Gasteiger charge is 2.33. The lowest BCUT2D eigenvalue weighted by molar-refractivity contribution is -0.0495. The van der Waals surface area contributed by atoms with Gasteiger partial charge in [0.25, 0.3) is 0 Å². The number of aliphatic hydroxyl groups is 1. The van der Waals surface area contributed by atoms with E-state index < -0.39 is 5.60 Å². The van der Waals surface area contributed by atoms with Crippen molar-refractivity contribution in [3.05, 3.63) is 24.2 Å². The minimum absolute atomic E-state index is 0.219. The van der Waals surface area contributed by atoms with E-state index in [9.17, 15) is 5.11 Å². The normalized spacial score (nSPS) is 31.2. The number of hydrogen-bond acceptors (Lipinski definition) is 3. The van der Waals surface area contributed by atoms with Gasteiger partial charge in [0, 0.05) is 6.42 Å². The molecular weight excluding hydrogens is 240 g/mol. The van der Waals surface area contributed by atoms with Crippen LogP contribution in [0.3, 0.4) is 0 Å². The maximum atomic E-state index is 10.8. The summed E-state index contributed by atoms with van der Waals surface area (Å²) in [7, 11) is 0. The van der Waals surface area contributed by atoms with E-state index in [-0.39, 0.29) is 6.29 Å². The van der Waals surface area contributed by atoms with Crippen molar-refractivity contribution in [3.63, 3.8) is 0 Å². The van der Waals surface area contributed by atoms with Gasteiger partial charge in [0.1, 0.15) is 12.5 Å². The first-order valence-electron chi connectivity index (χ1n) is 7.33. The zero-order chi connectivity index (χ0) is 13.9. The minimum Gasteiger partial charge on any atom is -0.459 e. The van der Waals surface area contributed by atoms with Crippen molar-refractivity contribution in [2.24, 2.45) is 11.8 Å². The van der Waals surface area contributed by atoms with Crippen molar-refractivity contribution in [2.45, 2.75) is 64.8 Å². The van der Waals surface area contributed by atoms with E-state index in [2.05, 4.69) is 20.8 Å². The summed E-state index contributed by atoms with van der Waals surface area (Å²) in [6.07, 6.45) is 9.56. The number of rotatable bonds is 5. The summed E-state index contributed by atoms with van der Waals surface area (Å²) in [6.45, 7) is 6.62. The van der Waals surface area contributed by atoms with Crippen molar-refractivity contribution >= 4 is 0 Å². The zero-order valence-electron chi connectivity index (χ0n) is 12.3. The molecule has 0 aromatic heterocycles. The average Bonchev–Trinajstić information content (AvgIpc) is 2.76. The minimum atomic E-state index is -0.683. The standard InChI is InChI=1S/C16H26O3/c1-12(2)8-14-9-13(3)10-16(17,11-14)5-4-15-18-6-7-19-15/h6-7,10,12,14-15,17H,4-5,8-9,11H2,1-3H3. The molecule has 0 saturated carbocycles. The van der Waals surface area contributed by atoms with Crippen molar-refractivity contribution in [3.8, 4) is 0 Å². The first kappa shape index (κ1) is 14.4. The Balaban J connectivity index is 1.90. The summed E-state index contributed by atoms with van der Waals surface area (Å²) in [6, 6.07) is 0. The van der Waals surface area contributed by atoms with E-state index in [1.807, 2.05) is 6.08 Å². The van der Waals surface area contributed by atoms with Crippen LogP contribution in [-0.4, -0.2) is 17.0 Å². The van der Waals surface area contributed by atoms with E-state index >= 15 is 0 Å². The molecule has 2 aliphatic rings. The third kappa shape index (κ3) is 4.27. The van der Waals surface area contributed by atoms with Crippen LogP contribution in [0, 0.1) is 11.8 Å². The molecule has 2 rings (SSSR count). The maximum Gasteiger partial charge on any atom is 0.239 e. The molecule has 19 heavy (non-hydrogen) atoms. The topological polar surface area (TPSA) is 38.7 Å². The van der Waals surface area contributed by atoms with Crippen molar-refractivity contribution < 1.29 is 14.6 Å².